The summed E-state index contributed by atoms with van der Waals surface area (Å²) in [5.41, 5.74) is 0. The van der Waals surface area contributed by atoms with Crippen molar-refractivity contribution in [3.05, 3.63) is 0 Å². The summed E-state index contributed by atoms with van der Waals surface area (Å²) >= 11 is 0. The molecule has 0 fully saturated rings. The third-order valence-electron chi connectivity index (χ3n) is 2.30. The van der Waals surface area contributed by atoms with Crippen LogP contribution < -0.4 is 0 Å². The van der Waals surface area contributed by atoms with Crippen molar-refractivity contribution >= 4 is 7.25 Å². The quantitative estimate of drug-likeness (QED) is 0.180. The van der Waals surface area contributed by atoms with E-state index < -0.39 is 7.25 Å². The molecule has 5 nitrogen and oxygen atoms in total. The van der Waals surface area contributed by atoms with E-state index in [2.05, 4.69) is 6.92 Å². The van der Waals surface area contributed by atoms with Gasteiger partial charge in [0.2, 0.25) is 0 Å². The van der Waals surface area contributed by atoms with Crippen LogP contribution in [0.3, 0.4) is 0 Å². The molecule has 0 radical (unpaired) electrons. The number of hydroxylamine groups is 4. The lowest BCUT2D eigenvalue weighted by Crippen LogP contribution is -2.50. The molecule has 0 aromatic rings. The van der Waals surface area contributed by atoms with Gasteiger partial charge in [0.1, 0.15) is 26.4 Å². The summed E-state index contributed by atoms with van der Waals surface area (Å²) in [4.78, 5) is 11.7. The minimum atomic E-state index is -6.00. The van der Waals surface area contributed by atoms with Gasteiger partial charge in [-0.1, -0.05) is 6.92 Å². The molecule has 0 N–H and O–H groups in total. The Morgan fingerprint density at radius 2 is 1.32 bits per heavy atom. The van der Waals surface area contributed by atoms with E-state index in [9.17, 15) is 17.3 Å². The largest absolute Gasteiger partial charge is 0.673 e. The lowest BCUT2D eigenvalue weighted by atomic mass is 10.3. The molecule has 0 aromatic carbocycles. The Balaban J connectivity index is 0. The van der Waals surface area contributed by atoms with Gasteiger partial charge < -0.3 is 26.7 Å². The third-order valence-corrected chi connectivity index (χ3v) is 2.30. The Labute approximate surface area is 130 Å². The van der Waals surface area contributed by atoms with Crippen LogP contribution in [0.25, 0.3) is 0 Å². The van der Waals surface area contributed by atoms with Crippen molar-refractivity contribution in [1.82, 2.24) is 0 Å². The van der Waals surface area contributed by atoms with E-state index >= 15 is 0 Å². The highest BCUT2D eigenvalue weighted by Gasteiger charge is 2.30. The molecule has 0 rings (SSSR count). The Morgan fingerprint density at radius 3 is 1.68 bits per heavy atom. The fourth-order valence-electron chi connectivity index (χ4n) is 1.67. The molecule has 0 saturated carbocycles. The first-order valence-corrected chi connectivity index (χ1v) is 7.34. The maximum Gasteiger partial charge on any atom is 0.673 e. The lowest BCUT2D eigenvalue weighted by Gasteiger charge is -2.31. The van der Waals surface area contributed by atoms with E-state index in [4.69, 9.17) is 19.1 Å². The van der Waals surface area contributed by atoms with E-state index in [1.165, 1.54) is 0 Å². The van der Waals surface area contributed by atoms with E-state index in [1.807, 2.05) is 13.8 Å². The molecular weight excluding hydrogens is 309 g/mol. The van der Waals surface area contributed by atoms with E-state index in [-0.39, 0.29) is 4.81 Å². The second kappa shape index (κ2) is 14.2. The van der Waals surface area contributed by atoms with Crippen LogP contribution in [0.1, 0.15) is 27.2 Å². The van der Waals surface area contributed by atoms with Gasteiger partial charge in [-0.2, -0.15) is 9.68 Å². The molecule has 136 valence electrons. The van der Waals surface area contributed by atoms with Crippen LogP contribution in [-0.4, -0.2) is 65.3 Å². The Hall–Kier alpha value is -0.415. The standard InChI is InChI=1S/C12H28NO4.BF4/c1-5-8-13(16-6-2,17-7-3)9-10-15-12-11-14-4;2-1(3,4)5/h5-12H2,1-4H3;/q+1;-1. The zero-order valence-corrected chi connectivity index (χ0v) is 13.8. The second-order valence-corrected chi connectivity index (χ2v) is 4.20. The van der Waals surface area contributed by atoms with Crippen molar-refractivity contribution in [2.45, 2.75) is 27.2 Å². The number of halogens is 4. The average molecular weight is 337 g/mol. The Kier molecular flexibility index (Phi) is 15.4. The van der Waals surface area contributed by atoms with Gasteiger partial charge in [-0.25, -0.2) is 0 Å². The summed E-state index contributed by atoms with van der Waals surface area (Å²) in [6.07, 6.45) is 1.01. The average Bonchev–Trinajstić information content (AvgIpc) is 2.37. The molecule has 0 aliphatic carbocycles. The van der Waals surface area contributed by atoms with Crippen LogP contribution in [-0.2, 0) is 19.1 Å². The van der Waals surface area contributed by atoms with Gasteiger partial charge in [-0.3, -0.25) is 0 Å². The van der Waals surface area contributed by atoms with Crippen molar-refractivity contribution in [3.63, 3.8) is 0 Å². The van der Waals surface area contributed by atoms with E-state index in [1.54, 1.807) is 7.11 Å². The number of ether oxygens (including phenoxy) is 2. The van der Waals surface area contributed by atoms with Gasteiger partial charge >= 0.3 is 7.25 Å². The first-order chi connectivity index (χ1) is 10.2. The summed E-state index contributed by atoms with van der Waals surface area (Å²) in [5.74, 6) is 0. The molecule has 22 heavy (non-hydrogen) atoms. The fourth-order valence-corrected chi connectivity index (χ4v) is 1.67. The SMILES string of the molecule is CCC[N+](CCOCCOC)(OCC)OCC.F[B-](F)(F)F. The molecule has 0 aliphatic rings. The van der Waals surface area contributed by atoms with Gasteiger partial charge in [0.15, 0.2) is 6.54 Å². The van der Waals surface area contributed by atoms with Crippen molar-refractivity contribution in [2.24, 2.45) is 0 Å². The van der Waals surface area contributed by atoms with Gasteiger partial charge in [-0.05, 0) is 25.1 Å². The zero-order chi connectivity index (χ0) is 17.5. The molecular formula is C12H28BF4NO4. The number of rotatable bonds is 12. The topological polar surface area (TPSA) is 36.9 Å². The van der Waals surface area contributed by atoms with Gasteiger partial charge in [-0.15, -0.1) is 0 Å². The molecule has 0 amide bonds. The van der Waals surface area contributed by atoms with Gasteiger partial charge in [0, 0.05) is 7.11 Å². The molecule has 0 aromatic heterocycles. The van der Waals surface area contributed by atoms with Crippen molar-refractivity contribution < 1.29 is 41.2 Å². The van der Waals surface area contributed by atoms with E-state index in [0.29, 0.717) is 39.6 Å². The minimum absolute atomic E-state index is 0.233. The first-order valence-electron chi connectivity index (χ1n) is 7.34. The number of quaternary nitrogens is 1. The summed E-state index contributed by atoms with van der Waals surface area (Å²) in [6.45, 7) is 10.8. The molecule has 0 aliphatic heterocycles. The molecule has 0 saturated heterocycles. The second-order valence-electron chi connectivity index (χ2n) is 4.20. The van der Waals surface area contributed by atoms with Crippen LogP contribution in [0.5, 0.6) is 0 Å². The molecule has 0 spiro atoms. The predicted molar refractivity (Wildman–Crippen MR) is 76.4 cm³/mol. The number of methoxy groups -OCH3 is 1. The summed E-state index contributed by atoms with van der Waals surface area (Å²) < 4.78 is 49.4. The zero-order valence-electron chi connectivity index (χ0n) is 13.8. The van der Waals surface area contributed by atoms with Crippen LogP contribution in [0, 0.1) is 0 Å². The normalized spacial score (nSPS) is 12.0. The van der Waals surface area contributed by atoms with E-state index in [0.717, 1.165) is 13.0 Å². The Morgan fingerprint density at radius 1 is 0.818 bits per heavy atom. The molecule has 0 heterocycles. The third kappa shape index (κ3) is 17.6. The number of hydrogen-bond acceptors (Lipinski definition) is 4. The highest BCUT2D eigenvalue weighted by molar-refractivity contribution is 6.50. The maximum absolute atomic E-state index is 9.75. The lowest BCUT2D eigenvalue weighted by molar-refractivity contribution is -1.25. The van der Waals surface area contributed by atoms with Gasteiger partial charge in [0.05, 0.1) is 13.2 Å². The summed E-state index contributed by atoms with van der Waals surface area (Å²) in [6, 6.07) is 0. The van der Waals surface area contributed by atoms with Crippen LogP contribution in [0.2, 0.25) is 0 Å². The van der Waals surface area contributed by atoms with Crippen LogP contribution in [0.15, 0.2) is 0 Å². The van der Waals surface area contributed by atoms with Crippen molar-refractivity contribution in [2.75, 3.05) is 53.2 Å². The highest BCUT2D eigenvalue weighted by Crippen LogP contribution is 2.11. The highest BCUT2D eigenvalue weighted by atomic mass is 19.5. The summed E-state index contributed by atoms with van der Waals surface area (Å²) in [5, 5.41) is 0. The molecule has 10 heteroatoms. The fraction of sp³-hybridized carbons (Fsp3) is 1.00. The Bertz CT molecular complexity index is 225. The van der Waals surface area contributed by atoms with Gasteiger partial charge in [0.25, 0.3) is 0 Å². The molecule has 0 bridgehead atoms. The smallest absolute Gasteiger partial charge is 0.418 e. The first kappa shape index (κ1) is 23.8. The van der Waals surface area contributed by atoms with Crippen molar-refractivity contribution in [1.29, 1.82) is 0 Å². The number of nitrogens with zero attached hydrogens (tertiary/aromatic N) is 1. The minimum Gasteiger partial charge on any atom is -0.418 e. The number of hydrogen-bond donors (Lipinski definition) is 0. The monoisotopic (exact) mass is 337 g/mol. The summed E-state index contributed by atoms with van der Waals surface area (Å²) in [7, 11) is -4.33. The molecule has 0 unspecified atom stereocenters. The predicted octanol–water partition coefficient (Wildman–Crippen LogP) is 3.08. The van der Waals surface area contributed by atoms with Crippen LogP contribution >= 0.6 is 0 Å². The maximum atomic E-state index is 9.75. The van der Waals surface area contributed by atoms with Crippen LogP contribution in [0.4, 0.5) is 17.3 Å². The van der Waals surface area contributed by atoms with Crippen molar-refractivity contribution in [3.8, 4) is 0 Å². The molecule has 0 atom stereocenters.